The predicted octanol–water partition coefficient (Wildman–Crippen LogP) is 1.86. The second-order valence-electron chi connectivity index (χ2n) is 5.22. The van der Waals surface area contributed by atoms with Crippen molar-refractivity contribution in [1.82, 2.24) is 4.90 Å². The monoisotopic (exact) mass is 298 g/mol. The molecule has 112 valence electrons. The van der Waals surface area contributed by atoms with Crippen LogP contribution >= 0.6 is 12.4 Å². The molecule has 0 radical (unpaired) electrons. The van der Waals surface area contributed by atoms with Crippen LogP contribution in [0.5, 0.6) is 5.75 Å². The molecular weight excluding hydrogens is 276 g/mol. The molecule has 2 N–H and O–H groups in total. The number of nitrogens with zero attached hydrogens (tertiary/aromatic N) is 1. The van der Waals surface area contributed by atoms with E-state index in [1.54, 1.807) is 7.11 Å². The van der Waals surface area contributed by atoms with Crippen LogP contribution in [-0.2, 0) is 11.2 Å². The lowest BCUT2D eigenvalue weighted by Crippen LogP contribution is -2.35. The van der Waals surface area contributed by atoms with Crippen LogP contribution in [0.1, 0.15) is 18.9 Å². The highest BCUT2D eigenvalue weighted by Crippen LogP contribution is 2.24. The number of amides is 1. The van der Waals surface area contributed by atoms with Gasteiger partial charge in [0.1, 0.15) is 5.75 Å². The van der Waals surface area contributed by atoms with Crippen LogP contribution in [-0.4, -0.2) is 37.0 Å². The van der Waals surface area contributed by atoms with E-state index < -0.39 is 0 Å². The Bertz CT molecular complexity index is 453. The Balaban J connectivity index is 0.00000200. The number of nitrogens with two attached hydrogens (primary N) is 1. The molecule has 0 spiro atoms. The molecule has 4 nitrogen and oxygen atoms in total. The number of ether oxygens (including phenoxy) is 1. The van der Waals surface area contributed by atoms with Crippen molar-refractivity contribution in [3.8, 4) is 5.75 Å². The summed E-state index contributed by atoms with van der Waals surface area (Å²) in [5, 5.41) is 0. The van der Waals surface area contributed by atoms with Gasteiger partial charge in [0, 0.05) is 18.2 Å². The lowest BCUT2D eigenvalue weighted by atomic mass is 10.1. The fraction of sp³-hybridized carbons (Fsp3) is 0.533. The first kappa shape index (κ1) is 16.8. The molecule has 5 heteroatoms. The topological polar surface area (TPSA) is 55.6 Å². The summed E-state index contributed by atoms with van der Waals surface area (Å²) in [5.74, 6) is 1.38. The Labute approximate surface area is 126 Å². The van der Waals surface area contributed by atoms with Crippen molar-refractivity contribution >= 4 is 18.3 Å². The summed E-state index contributed by atoms with van der Waals surface area (Å²) in [6.07, 6.45) is 1.40. The van der Waals surface area contributed by atoms with E-state index in [1.807, 2.05) is 29.2 Å². The molecule has 1 aromatic carbocycles. The first-order valence-electron chi connectivity index (χ1n) is 6.77. The molecule has 2 rings (SSSR count). The van der Waals surface area contributed by atoms with E-state index in [-0.39, 0.29) is 24.4 Å². The normalized spacial score (nSPS) is 21.4. The summed E-state index contributed by atoms with van der Waals surface area (Å²) in [4.78, 5) is 14.3. The average Bonchev–Trinajstić information content (AvgIpc) is 2.80. The van der Waals surface area contributed by atoms with Crippen molar-refractivity contribution in [3.63, 3.8) is 0 Å². The number of rotatable bonds is 4. The molecule has 0 saturated carbocycles. The maximum absolute atomic E-state index is 12.4. The lowest BCUT2D eigenvalue weighted by molar-refractivity contribution is -0.131. The molecule has 1 aromatic rings. The molecule has 1 saturated heterocycles. The smallest absolute Gasteiger partial charge is 0.227 e. The van der Waals surface area contributed by atoms with E-state index in [2.05, 4.69) is 6.92 Å². The Morgan fingerprint density at radius 1 is 1.45 bits per heavy atom. The number of halogens is 1. The third-order valence-corrected chi connectivity index (χ3v) is 3.85. The van der Waals surface area contributed by atoms with Crippen LogP contribution in [0.4, 0.5) is 0 Å². The van der Waals surface area contributed by atoms with Crippen LogP contribution in [0.3, 0.4) is 0 Å². The van der Waals surface area contributed by atoms with Crippen molar-refractivity contribution in [2.24, 2.45) is 11.7 Å². The van der Waals surface area contributed by atoms with E-state index in [4.69, 9.17) is 10.5 Å². The van der Waals surface area contributed by atoms with E-state index in [0.717, 1.165) is 24.3 Å². The van der Waals surface area contributed by atoms with E-state index >= 15 is 0 Å². The summed E-state index contributed by atoms with van der Waals surface area (Å²) in [6.45, 7) is 3.53. The van der Waals surface area contributed by atoms with Gasteiger partial charge in [-0.2, -0.15) is 0 Å². The van der Waals surface area contributed by atoms with Crippen LogP contribution in [0, 0.1) is 5.92 Å². The number of carbonyl (C=O) groups is 1. The number of carbonyl (C=O) groups excluding carboxylic acids is 1. The van der Waals surface area contributed by atoms with Crippen molar-refractivity contribution in [2.45, 2.75) is 25.8 Å². The third-order valence-electron chi connectivity index (χ3n) is 3.85. The van der Waals surface area contributed by atoms with Crippen molar-refractivity contribution in [3.05, 3.63) is 29.8 Å². The van der Waals surface area contributed by atoms with E-state index in [0.29, 0.717) is 18.9 Å². The first-order chi connectivity index (χ1) is 9.15. The highest BCUT2D eigenvalue weighted by Gasteiger charge is 2.31. The minimum atomic E-state index is 0. The van der Waals surface area contributed by atoms with Gasteiger partial charge in [0.05, 0.1) is 13.5 Å². The van der Waals surface area contributed by atoms with Gasteiger partial charge in [0.2, 0.25) is 5.91 Å². The number of benzene rings is 1. The largest absolute Gasteiger partial charge is 0.496 e. The predicted molar refractivity (Wildman–Crippen MR) is 82.3 cm³/mol. The molecular formula is C15H23ClN2O2. The summed E-state index contributed by atoms with van der Waals surface area (Å²) in [6, 6.07) is 7.96. The molecule has 0 bridgehead atoms. The molecule has 1 fully saturated rings. The zero-order chi connectivity index (χ0) is 13.8. The summed E-state index contributed by atoms with van der Waals surface area (Å²) < 4.78 is 5.29. The van der Waals surface area contributed by atoms with Crippen molar-refractivity contribution in [2.75, 3.05) is 20.2 Å². The molecule has 2 atom stereocenters. The fourth-order valence-corrected chi connectivity index (χ4v) is 2.77. The minimum Gasteiger partial charge on any atom is -0.496 e. The van der Waals surface area contributed by atoms with E-state index in [1.165, 1.54) is 0 Å². The highest BCUT2D eigenvalue weighted by molar-refractivity contribution is 5.85. The fourth-order valence-electron chi connectivity index (χ4n) is 2.77. The van der Waals surface area contributed by atoms with Gasteiger partial charge in [-0.05, 0) is 31.9 Å². The van der Waals surface area contributed by atoms with Gasteiger partial charge in [0.25, 0.3) is 0 Å². The molecule has 0 aliphatic carbocycles. The van der Waals surface area contributed by atoms with Gasteiger partial charge < -0.3 is 15.4 Å². The van der Waals surface area contributed by atoms with Crippen LogP contribution in [0.25, 0.3) is 0 Å². The molecule has 0 aromatic heterocycles. The summed E-state index contributed by atoms with van der Waals surface area (Å²) >= 11 is 0. The number of hydrogen-bond acceptors (Lipinski definition) is 3. The lowest BCUT2D eigenvalue weighted by Gasteiger charge is -2.22. The van der Waals surface area contributed by atoms with Gasteiger partial charge in [-0.1, -0.05) is 18.2 Å². The quantitative estimate of drug-likeness (QED) is 0.923. The Kier molecular flexibility index (Phi) is 6.30. The number of para-hydroxylation sites is 1. The number of hydrogen-bond donors (Lipinski definition) is 1. The SMILES string of the molecule is COc1ccccc1CC(=O)N1CC(CN)CC1C.Cl. The van der Waals surface area contributed by atoms with Gasteiger partial charge in [-0.25, -0.2) is 0 Å². The van der Waals surface area contributed by atoms with Crippen LogP contribution in [0.2, 0.25) is 0 Å². The standard InChI is InChI=1S/C15H22N2O2.ClH/c1-11-7-12(9-16)10-17(11)15(18)8-13-5-3-4-6-14(13)19-2;/h3-6,11-12H,7-10,16H2,1-2H3;1H. The van der Waals surface area contributed by atoms with Crippen molar-refractivity contribution in [1.29, 1.82) is 0 Å². The Morgan fingerprint density at radius 3 is 2.75 bits per heavy atom. The highest BCUT2D eigenvalue weighted by atomic mass is 35.5. The molecule has 1 heterocycles. The van der Waals surface area contributed by atoms with Gasteiger partial charge in [-0.3, -0.25) is 4.79 Å². The first-order valence-corrected chi connectivity index (χ1v) is 6.77. The Morgan fingerprint density at radius 2 is 2.15 bits per heavy atom. The summed E-state index contributed by atoms with van der Waals surface area (Å²) in [7, 11) is 1.63. The molecule has 1 aliphatic heterocycles. The van der Waals surface area contributed by atoms with Crippen LogP contribution < -0.4 is 10.5 Å². The molecule has 20 heavy (non-hydrogen) atoms. The average molecular weight is 299 g/mol. The van der Waals surface area contributed by atoms with Gasteiger partial charge >= 0.3 is 0 Å². The maximum Gasteiger partial charge on any atom is 0.227 e. The molecule has 1 amide bonds. The second kappa shape index (κ2) is 7.50. The van der Waals surface area contributed by atoms with Gasteiger partial charge in [-0.15, -0.1) is 12.4 Å². The maximum atomic E-state index is 12.4. The number of likely N-dealkylation sites (tertiary alicyclic amines) is 1. The molecule has 1 aliphatic rings. The second-order valence-corrected chi connectivity index (χ2v) is 5.22. The molecule has 2 unspecified atom stereocenters. The van der Waals surface area contributed by atoms with Crippen LogP contribution in [0.15, 0.2) is 24.3 Å². The number of methoxy groups -OCH3 is 1. The Hall–Kier alpha value is -1.26. The zero-order valence-electron chi connectivity index (χ0n) is 12.0. The van der Waals surface area contributed by atoms with Gasteiger partial charge in [0.15, 0.2) is 0 Å². The third kappa shape index (κ3) is 3.64. The zero-order valence-corrected chi connectivity index (χ0v) is 12.9. The van der Waals surface area contributed by atoms with E-state index in [9.17, 15) is 4.79 Å². The summed E-state index contributed by atoms with van der Waals surface area (Å²) in [5.41, 5.74) is 6.64. The minimum absolute atomic E-state index is 0. The van der Waals surface area contributed by atoms with Crippen molar-refractivity contribution < 1.29 is 9.53 Å².